The van der Waals surface area contributed by atoms with Crippen molar-refractivity contribution >= 4 is 15.9 Å². The molecule has 0 unspecified atom stereocenters. The van der Waals surface area contributed by atoms with Gasteiger partial charge in [-0.25, -0.2) is 17.5 Å². The Kier molecular flexibility index (Phi) is 7.46. The van der Waals surface area contributed by atoms with Crippen LogP contribution < -0.4 is 10.0 Å². The van der Waals surface area contributed by atoms with E-state index < -0.39 is 15.4 Å². The minimum absolute atomic E-state index is 0.0918. The van der Waals surface area contributed by atoms with Gasteiger partial charge in [0.1, 0.15) is 5.82 Å². The largest absolute Gasteiger partial charge is 0.381 e. The van der Waals surface area contributed by atoms with Gasteiger partial charge in [-0.15, -0.1) is 0 Å². The first-order valence-corrected chi connectivity index (χ1v) is 12.1. The molecule has 1 amide bonds. The number of hydrogen-bond donors (Lipinski definition) is 2. The van der Waals surface area contributed by atoms with Crippen LogP contribution in [0, 0.1) is 5.82 Å². The van der Waals surface area contributed by atoms with E-state index in [1.54, 1.807) is 38.1 Å². The fourth-order valence-electron chi connectivity index (χ4n) is 3.86. The van der Waals surface area contributed by atoms with Gasteiger partial charge >= 0.3 is 0 Å². The Morgan fingerprint density at radius 2 is 1.61 bits per heavy atom. The van der Waals surface area contributed by atoms with E-state index in [0.29, 0.717) is 38.2 Å². The van der Waals surface area contributed by atoms with E-state index in [2.05, 4.69) is 10.0 Å². The number of amides is 1. The second-order valence-corrected chi connectivity index (χ2v) is 9.99. The fraction of sp³-hybridized carbons (Fsp3) is 0.435. The van der Waals surface area contributed by atoms with Crippen molar-refractivity contribution in [1.82, 2.24) is 10.0 Å². The zero-order valence-corrected chi connectivity index (χ0v) is 18.7. The van der Waals surface area contributed by atoms with Crippen LogP contribution in [-0.4, -0.2) is 33.6 Å². The number of nitrogens with one attached hydrogen (secondary N) is 2. The zero-order valence-electron chi connectivity index (χ0n) is 17.9. The molecule has 1 fully saturated rings. The van der Waals surface area contributed by atoms with E-state index in [4.69, 9.17) is 4.74 Å². The Balaban J connectivity index is 1.66. The molecular weight excluding hydrogens is 419 g/mol. The number of sulfonamides is 1. The summed E-state index contributed by atoms with van der Waals surface area (Å²) < 4.78 is 45.5. The average Bonchev–Trinajstić information content (AvgIpc) is 2.72. The quantitative estimate of drug-likeness (QED) is 0.650. The van der Waals surface area contributed by atoms with Crippen molar-refractivity contribution in [3.63, 3.8) is 0 Å². The van der Waals surface area contributed by atoms with Gasteiger partial charge in [-0.2, -0.15) is 0 Å². The molecule has 0 aromatic heterocycles. The molecular formula is C23H29FN2O4S. The van der Waals surface area contributed by atoms with Gasteiger partial charge in [0, 0.05) is 25.8 Å². The first-order chi connectivity index (χ1) is 14.7. The van der Waals surface area contributed by atoms with Crippen LogP contribution in [0.4, 0.5) is 4.39 Å². The molecule has 1 heterocycles. The lowest BCUT2D eigenvalue weighted by Crippen LogP contribution is -2.47. The number of ether oxygens (including phenoxy) is 1. The standard InChI is InChI=1S/C23H29FN2O4S/c1-17(2)26-31(28,29)16-19-5-3-18(4-6-19)15-25-22(27)23(11-13-30-14-12-23)20-7-9-21(24)10-8-20/h3-10,17,26H,11-16H2,1-2H3,(H,25,27). The van der Waals surface area contributed by atoms with Gasteiger partial charge in [-0.1, -0.05) is 36.4 Å². The van der Waals surface area contributed by atoms with Crippen molar-refractivity contribution in [3.8, 4) is 0 Å². The molecule has 2 N–H and O–H groups in total. The van der Waals surface area contributed by atoms with Crippen LogP contribution in [0.25, 0.3) is 0 Å². The third kappa shape index (κ3) is 6.12. The van der Waals surface area contributed by atoms with Crippen LogP contribution in [-0.2, 0) is 37.3 Å². The van der Waals surface area contributed by atoms with Crippen LogP contribution in [0.3, 0.4) is 0 Å². The van der Waals surface area contributed by atoms with E-state index in [1.165, 1.54) is 12.1 Å². The summed E-state index contributed by atoms with van der Waals surface area (Å²) in [6, 6.07) is 13.1. The summed E-state index contributed by atoms with van der Waals surface area (Å²) in [7, 11) is -3.39. The SMILES string of the molecule is CC(C)NS(=O)(=O)Cc1ccc(CNC(=O)C2(c3ccc(F)cc3)CCOCC2)cc1. The topological polar surface area (TPSA) is 84.5 Å². The van der Waals surface area contributed by atoms with Crippen molar-refractivity contribution in [2.24, 2.45) is 0 Å². The van der Waals surface area contributed by atoms with Crippen LogP contribution >= 0.6 is 0 Å². The molecule has 0 saturated carbocycles. The van der Waals surface area contributed by atoms with E-state index in [-0.39, 0.29) is 23.5 Å². The van der Waals surface area contributed by atoms with E-state index in [0.717, 1.165) is 11.1 Å². The molecule has 168 valence electrons. The molecule has 0 aliphatic carbocycles. The van der Waals surface area contributed by atoms with E-state index in [1.807, 2.05) is 12.1 Å². The Morgan fingerprint density at radius 3 is 2.19 bits per heavy atom. The first-order valence-electron chi connectivity index (χ1n) is 10.4. The van der Waals surface area contributed by atoms with E-state index in [9.17, 15) is 17.6 Å². The van der Waals surface area contributed by atoms with Gasteiger partial charge in [0.15, 0.2) is 0 Å². The normalized spacial score (nSPS) is 16.3. The summed E-state index contributed by atoms with van der Waals surface area (Å²) >= 11 is 0. The third-order valence-electron chi connectivity index (χ3n) is 5.43. The summed E-state index contributed by atoms with van der Waals surface area (Å²) in [5.41, 5.74) is 1.58. The van der Waals surface area contributed by atoms with E-state index >= 15 is 0 Å². The Hall–Kier alpha value is -2.29. The monoisotopic (exact) mass is 448 g/mol. The molecule has 3 rings (SSSR count). The van der Waals surface area contributed by atoms with Gasteiger partial charge in [0.2, 0.25) is 15.9 Å². The minimum atomic E-state index is -3.39. The zero-order chi connectivity index (χ0) is 22.5. The first kappa shape index (κ1) is 23.4. The fourth-order valence-corrected chi connectivity index (χ4v) is 5.29. The van der Waals surface area contributed by atoms with Crippen LogP contribution in [0.1, 0.15) is 43.4 Å². The number of hydrogen-bond acceptors (Lipinski definition) is 4. The highest BCUT2D eigenvalue weighted by molar-refractivity contribution is 7.88. The summed E-state index contributed by atoms with van der Waals surface area (Å²) in [6.45, 7) is 4.82. The van der Waals surface area contributed by atoms with Crippen LogP contribution in [0.15, 0.2) is 48.5 Å². The molecule has 31 heavy (non-hydrogen) atoms. The van der Waals surface area contributed by atoms with Crippen LogP contribution in [0.5, 0.6) is 0 Å². The van der Waals surface area contributed by atoms with Crippen molar-refractivity contribution in [2.45, 2.75) is 50.4 Å². The molecule has 1 saturated heterocycles. The maximum Gasteiger partial charge on any atom is 0.231 e. The smallest absolute Gasteiger partial charge is 0.231 e. The number of carbonyl (C=O) groups is 1. The maximum atomic E-state index is 13.4. The summed E-state index contributed by atoms with van der Waals surface area (Å²) in [5.74, 6) is -0.543. The van der Waals surface area contributed by atoms with Crippen LogP contribution in [0.2, 0.25) is 0 Å². The van der Waals surface area contributed by atoms with Gasteiger partial charge in [-0.3, -0.25) is 4.79 Å². The molecule has 1 aliphatic rings. The molecule has 0 radical (unpaired) electrons. The van der Waals surface area contributed by atoms with Crippen molar-refractivity contribution in [2.75, 3.05) is 13.2 Å². The summed E-state index contributed by atoms with van der Waals surface area (Å²) in [5, 5.41) is 3.00. The van der Waals surface area contributed by atoms with Crippen molar-refractivity contribution < 1.29 is 22.3 Å². The number of benzene rings is 2. The Morgan fingerprint density at radius 1 is 1.03 bits per heavy atom. The molecule has 0 spiro atoms. The summed E-state index contributed by atoms with van der Waals surface area (Å²) in [4.78, 5) is 13.2. The average molecular weight is 449 g/mol. The van der Waals surface area contributed by atoms with Gasteiger partial charge in [0.25, 0.3) is 0 Å². The molecule has 2 aromatic carbocycles. The number of carbonyl (C=O) groups excluding carboxylic acids is 1. The molecule has 0 atom stereocenters. The molecule has 0 bridgehead atoms. The Bertz CT molecular complexity index is 983. The molecule has 2 aromatic rings. The Labute approximate surface area is 183 Å². The van der Waals surface area contributed by atoms with Gasteiger partial charge in [0.05, 0.1) is 11.2 Å². The minimum Gasteiger partial charge on any atom is -0.381 e. The maximum absolute atomic E-state index is 13.4. The lowest BCUT2D eigenvalue weighted by molar-refractivity contribution is -0.130. The molecule has 6 nitrogen and oxygen atoms in total. The van der Waals surface area contributed by atoms with Gasteiger partial charge in [-0.05, 0) is 55.5 Å². The molecule has 1 aliphatic heterocycles. The second-order valence-electron chi connectivity index (χ2n) is 8.23. The van der Waals surface area contributed by atoms with Crippen molar-refractivity contribution in [1.29, 1.82) is 0 Å². The number of halogens is 1. The summed E-state index contributed by atoms with van der Waals surface area (Å²) in [6.07, 6.45) is 1.06. The lowest BCUT2D eigenvalue weighted by Gasteiger charge is -2.36. The third-order valence-corrected chi connectivity index (χ3v) is 6.97. The lowest BCUT2D eigenvalue weighted by atomic mass is 9.73. The highest BCUT2D eigenvalue weighted by atomic mass is 32.2. The number of rotatable bonds is 8. The molecule has 8 heteroatoms. The highest BCUT2D eigenvalue weighted by Gasteiger charge is 2.41. The second kappa shape index (κ2) is 9.89. The van der Waals surface area contributed by atoms with Gasteiger partial charge < -0.3 is 10.1 Å². The predicted octanol–water partition coefficient (Wildman–Crippen LogP) is 3.02. The highest BCUT2D eigenvalue weighted by Crippen LogP contribution is 2.35. The van der Waals surface area contributed by atoms with Crippen molar-refractivity contribution in [3.05, 3.63) is 71.0 Å². The predicted molar refractivity (Wildman–Crippen MR) is 117 cm³/mol.